The monoisotopic (exact) mass is 485 g/mol. The molecule has 1 amide bonds. The highest BCUT2D eigenvalue weighted by Gasteiger charge is 2.49. The number of carbonyl (C=O) groups excluding carboxylic acids is 1. The molecule has 184 valence electrons. The minimum absolute atomic E-state index is 0.000775. The third-order valence-corrected chi connectivity index (χ3v) is 8.00. The summed E-state index contributed by atoms with van der Waals surface area (Å²) in [5.41, 5.74) is 3.97. The quantitative estimate of drug-likeness (QED) is 0.440. The van der Waals surface area contributed by atoms with Gasteiger partial charge in [0.1, 0.15) is 0 Å². The van der Waals surface area contributed by atoms with Gasteiger partial charge in [-0.3, -0.25) is 24.7 Å². The number of nitrogens with one attached hydrogen (secondary N) is 1. The lowest BCUT2D eigenvalue weighted by Crippen LogP contribution is -2.61. The van der Waals surface area contributed by atoms with Gasteiger partial charge in [-0.1, -0.05) is 6.07 Å². The Kier molecular flexibility index (Phi) is 5.55. The van der Waals surface area contributed by atoms with Crippen molar-refractivity contribution in [3.05, 3.63) is 98.2 Å². The van der Waals surface area contributed by atoms with Crippen LogP contribution in [0.1, 0.15) is 29.2 Å². The minimum Gasteiger partial charge on any atom is -0.366 e. The van der Waals surface area contributed by atoms with Gasteiger partial charge in [-0.05, 0) is 60.6 Å². The zero-order valence-electron chi connectivity index (χ0n) is 19.7. The van der Waals surface area contributed by atoms with E-state index in [1.165, 1.54) is 0 Å². The van der Waals surface area contributed by atoms with Crippen molar-refractivity contribution in [1.82, 2.24) is 14.9 Å². The van der Waals surface area contributed by atoms with Gasteiger partial charge in [-0.25, -0.2) is 0 Å². The molecule has 0 saturated carbocycles. The molecular weight excluding hydrogens is 458 g/mol. The molecule has 1 saturated heterocycles. The van der Waals surface area contributed by atoms with E-state index < -0.39 is 0 Å². The third kappa shape index (κ3) is 3.84. The number of pyridine rings is 2. The first kappa shape index (κ1) is 22.5. The van der Waals surface area contributed by atoms with Crippen LogP contribution in [-0.2, 0) is 24.2 Å². The number of anilines is 1. The second-order valence-corrected chi connectivity index (χ2v) is 10.0. The van der Waals surface area contributed by atoms with Gasteiger partial charge < -0.3 is 14.8 Å². The Labute approximate surface area is 207 Å². The molecule has 1 N–H and O–H groups in total. The van der Waals surface area contributed by atoms with Gasteiger partial charge in [0.15, 0.2) is 0 Å². The topological polar surface area (TPSA) is 110 Å². The van der Waals surface area contributed by atoms with Crippen molar-refractivity contribution in [2.75, 3.05) is 18.0 Å². The van der Waals surface area contributed by atoms with Crippen LogP contribution in [0.5, 0.6) is 0 Å². The van der Waals surface area contributed by atoms with Crippen molar-refractivity contribution in [1.29, 1.82) is 0 Å². The van der Waals surface area contributed by atoms with Gasteiger partial charge in [0, 0.05) is 73.6 Å². The number of rotatable bonds is 5. The van der Waals surface area contributed by atoms with Crippen molar-refractivity contribution in [3.8, 4) is 0 Å². The Hall–Kier alpha value is -4.01. The van der Waals surface area contributed by atoms with E-state index in [1.54, 1.807) is 30.6 Å². The van der Waals surface area contributed by atoms with Gasteiger partial charge in [0.25, 0.3) is 11.2 Å². The van der Waals surface area contributed by atoms with E-state index >= 15 is 0 Å². The molecule has 3 aliphatic rings. The number of nitro benzene ring substituents is 1. The van der Waals surface area contributed by atoms with Crippen molar-refractivity contribution in [3.63, 3.8) is 0 Å². The summed E-state index contributed by atoms with van der Waals surface area (Å²) in [7, 11) is 0. The Morgan fingerprint density at radius 2 is 1.97 bits per heavy atom. The molecule has 0 spiro atoms. The van der Waals surface area contributed by atoms with Crippen LogP contribution in [-0.4, -0.2) is 39.5 Å². The number of hydrogen-bond acceptors (Lipinski definition) is 6. The molecule has 36 heavy (non-hydrogen) atoms. The van der Waals surface area contributed by atoms with Gasteiger partial charge >= 0.3 is 0 Å². The van der Waals surface area contributed by atoms with E-state index in [4.69, 9.17) is 0 Å². The van der Waals surface area contributed by atoms with Crippen LogP contribution < -0.4 is 15.8 Å². The molecule has 0 aliphatic carbocycles. The zero-order chi connectivity index (χ0) is 24.8. The number of nitrogens with zero attached hydrogens (tertiary/aromatic N) is 4. The maximum Gasteiger partial charge on any atom is 0.269 e. The van der Waals surface area contributed by atoms with Crippen molar-refractivity contribution in [2.24, 2.45) is 11.8 Å². The highest BCUT2D eigenvalue weighted by Crippen LogP contribution is 2.47. The van der Waals surface area contributed by atoms with Gasteiger partial charge in [-0.2, -0.15) is 0 Å². The Bertz CT molecular complexity index is 1390. The predicted octanol–water partition coefficient (Wildman–Crippen LogP) is 2.68. The fourth-order valence-corrected chi connectivity index (χ4v) is 6.46. The molecule has 9 nitrogen and oxygen atoms in total. The van der Waals surface area contributed by atoms with Crippen LogP contribution >= 0.6 is 0 Å². The summed E-state index contributed by atoms with van der Waals surface area (Å²) in [4.78, 5) is 43.6. The fourth-order valence-electron chi connectivity index (χ4n) is 6.46. The Balaban J connectivity index is 1.33. The van der Waals surface area contributed by atoms with E-state index in [1.807, 2.05) is 34.9 Å². The molecule has 3 aromatic rings. The fraction of sp³-hybridized carbons (Fsp3) is 0.370. The first-order valence-electron chi connectivity index (χ1n) is 12.4. The maximum atomic E-state index is 13.6. The van der Waals surface area contributed by atoms with Crippen LogP contribution in [0.15, 0.2) is 65.7 Å². The number of fused-ring (bicyclic) bond motifs is 8. The lowest BCUT2D eigenvalue weighted by molar-refractivity contribution is -0.384. The number of non-ortho nitro benzene ring substituents is 1. The van der Waals surface area contributed by atoms with Crippen LogP contribution in [0.25, 0.3) is 0 Å². The van der Waals surface area contributed by atoms with E-state index in [0.29, 0.717) is 32.5 Å². The lowest BCUT2D eigenvalue weighted by Gasteiger charge is -2.54. The second-order valence-electron chi connectivity index (χ2n) is 10.0. The number of piperidine rings is 1. The molecule has 6 rings (SSSR count). The number of aromatic nitrogens is 2. The summed E-state index contributed by atoms with van der Waals surface area (Å²) in [5, 5.41) is 14.6. The molecule has 1 aromatic carbocycles. The molecule has 2 aromatic heterocycles. The summed E-state index contributed by atoms with van der Waals surface area (Å²) in [6.07, 6.45) is 5.54. The molecule has 9 heteroatoms. The normalized spacial score (nSPS) is 23.7. The minimum atomic E-state index is -0.385. The zero-order valence-corrected chi connectivity index (χ0v) is 19.7. The number of carbonyl (C=O) groups is 1. The number of nitro groups is 1. The lowest BCUT2D eigenvalue weighted by atomic mass is 9.70. The summed E-state index contributed by atoms with van der Waals surface area (Å²) in [5.74, 6) is -0.0918. The van der Waals surface area contributed by atoms with Crippen molar-refractivity contribution >= 4 is 17.3 Å². The highest BCUT2D eigenvalue weighted by atomic mass is 16.6. The van der Waals surface area contributed by atoms with E-state index in [9.17, 15) is 19.7 Å². The first-order valence-corrected chi connectivity index (χ1v) is 12.4. The third-order valence-electron chi connectivity index (χ3n) is 8.00. The highest BCUT2D eigenvalue weighted by molar-refractivity contribution is 5.82. The smallest absolute Gasteiger partial charge is 0.269 e. The molecule has 3 aliphatic heterocycles. The molecule has 2 bridgehead atoms. The summed E-state index contributed by atoms with van der Waals surface area (Å²) in [6.45, 7) is 1.76. The van der Waals surface area contributed by atoms with Crippen molar-refractivity contribution < 1.29 is 9.72 Å². The SMILES string of the molecule is O=C(NCCc1ccncc1)[C@@H]1Cc2cc([N+](=O)[O-])ccc2N2C[C@H]3C[C@H](Cn4c3cccc4=O)[C@@H]12. The van der Waals surface area contributed by atoms with E-state index in [-0.39, 0.29) is 45.9 Å². The van der Waals surface area contributed by atoms with Crippen LogP contribution in [0.2, 0.25) is 0 Å². The summed E-state index contributed by atoms with van der Waals surface area (Å²) in [6, 6.07) is 14.2. The van der Waals surface area contributed by atoms with Gasteiger partial charge in [-0.15, -0.1) is 0 Å². The Morgan fingerprint density at radius 1 is 1.14 bits per heavy atom. The average molecular weight is 486 g/mol. The molecule has 1 fully saturated rings. The van der Waals surface area contributed by atoms with Crippen LogP contribution in [0, 0.1) is 22.0 Å². The Morgan fingerprint density at radius 3 is 2.78 bits per heavy atom. The molecule has 0 unspecified atom stereocenters. The number of amides is 1. The van der Waals surface area contributed by atoms with E-state index in [2.05, 4.69) is 15.2 Å². The number of benzene rings is 1. The van der Waals surface area contributed by atoms with E-state index in [0.717, 1.165) is 28.9 Å². The molecule has 0 radical (unpaired) electrons. The average Bonchev–Trinajstić information content (AvgIpc) is 2.89. The molecular formula is C27H27N5O4. The maximum absolute atomic E-state index is 13.6. The van der Waals surface area contributed by atoms with Crippen LogP contribution in [0.4, 0.5) is 11.4 Å². The van der Waals surface area contributed by atoms with Gasteiger partial charge in [0.2, 0.25) is 5.91 Å². The first-order chi connectivity index (χ1) is 17.5. The summed E-state index contributed by atoms with van der Waals surface area (Å²) < 4.78 is 1.87. The number of hydrogen-bond donors (Lipinski definition) is 1. The molecule has 5 heterocycles. The summed E-state index contributed by atoms with van der Waals surface area (Å²) >= 11 is 0. The second kappa shape index (κ2) is 8.89. The van der Waals surface area contributed by atoms with Crippen molar-refractivity contribution in [2.45, 2.75) is 37.8 Å². The molecule has 4 atom stereocenters. The van der Waals surface area contributed by atoms with Gasteiger partial charge in [0.05, 0.1) is 10.8 Å². The largest absolute Gasteiger partial charge is 0.366 e. The predicted molar refractivity (Wildman–Crippen MR) is 134 cm³/mol. The van der Waals surface area contributed by atoms with Crippen LogP contribution in [0.3, 0.4) is 0 Å². The standard InChI is InChI=1S/C27H27N5O4/c33-25-3-1-2-23-19-12-20(16-30(23)25)26-22(27(34)29-11-8-17-6-9-28-10-7-17)14-18-13-21(32(35)36)4-5-24(18)31(26)15-19/h1-7,9-10,13,19-20,22,26H,8,11-12,14-16H2,(H,29,34)/t19-,20-,22-,26+/m1/s1.